The predicted octanol–water partition coefficient (Wildman–Crippen LogP) is 5.22. The molecule has 0 N–H and O–H groups in total. The standard InChI is InChI=1S/C20H19BrClN3O2/c1-4-12(2)19-24-17-7-5-14(21)10-16(17)20(26)25(19)23-11-13-9-15(22)6-8-18(13)27-3/h5-12H,4H2,1-3H3/t12-/m1/s1. The largest absolute Gasteiger partial charge is 0.496 e. The van der Waals surface area contributed by atoms with E-state index in [4.69, 9.17) is 21.3 Å². The van der Waals surface area contributed by atoms with Crippen LogP contribution in [0.1, 0.15) is 37.6 Å². The zero-order valence-electron chi connectivity index (χ0n) is 15.2. The van der Waals surface area contributed by atoms with E-state index in [-0.39, 0.29) is 11.5 Å². The molecular formula is C20H19BrClN3O2. The van der Waals surface area contributed by atoms with Crippen LogP contribution in [0.5, 0.6) is 5.75 Å². The van der Waals surface area contributed by atoms with Gasteiger partial charge in [0.15, 0.2) is 0 Å². The van der Waals surface area contributed by atoms with Crippen LogP contribution in [0.25, 0.3) is 10.9 Å². The molecule has 0 fully saturated rings. The molecule has 1 atom stereocenters. The fourth-order valence-electron chi connectivity index (χ4n) is 2.71. The molecule has 0 aliphatic rings. The van der Waals surface area contributed by atoms with Crippen molar-refractivity contribution in [1.29, 1.82) is 0 Å². The summed E-state index contributed by atoms with van der Waals surface area (Å²) in [5.41, 5.74) is 1.13. The van der Waals surface area contributed by atoms with Crippen molar-refractivity contribution in [3.05, 3.63) is 67.6 Å². The van der Waals surface area contributed by atoms with Crippen LogP contribution < -0.4 is 10.3 Å². The molecule has 0 saturated carbocycles. The molecule has 0 spiro atoms. The summed E-state index contributed by atoms with van der Waals surface area (Å²) < 4.78 is 7.53. The normalized spacial score (nSPS) is 12.6. The molecule has 2 aromatic carbocycles. The highest BCUT2D eigenvalue weighted by Gasteiger charge is 2.15. The van der Waals surface area contributed by atoms with Crippen molar-refractivity contribution >= 4 is 44.6 Å². The molecule has 27 heavy (non-hydrogen) atoms. The van der Waals surface area contributed by atoms with Gasteiger partial charge in [-0.05, 0) is 42.8 Å². The Morgan fingerprint density at radius 3 is 2.81 bits per heavy atom. The molecule has 1 aromatic heterocycles. The Bertz CT molecular complexity index is 1080. The minimum Gasteiger partial charge on any atom is -0.496 e. The average molecular weight is 449 g/mol. The zero-order valence-corrected chi connectivity index (χ0v) is 17.6. The Hall–Kier alpha value is -2.18. The maximum absolute atomic E-state index is 13.1. The van der Waals surface area contributed by atoms with Crippen molar-refractivity contribution in [2.45, 2.75) is 26.2 Å². The summed E-state index contributed by atoms with van der Waals surface area (Å²) in [5.74, 6) is 1.32. The molecule has 0 radical (unpaired) electrons. The maximum Gasteiger partial charge on any atom is 0.282 e. The Morgan fingerprint density at radius 1 is 1.33 bits per heavy atom. The van der Waals surface area contributed by atoms with Gasteiger partial charge in [0.2, 0.25) is 0 Å². The lowest BCUT2D eigenvalue weighted by Gasteiger charge is -2.14. The van der Waals surface area contributed by atoms with E-state index >= 15 is 0 Å². The van der Waals surface area contributed by atoms with Crippen molar-refractivity contribution in [1.82, 2.24) is 9.66 Å². The first-order chi connectivity index (χ1) is 12.9. The second kappa shape index (κ2) is 8.23. The van der Waals surface area contributed by atoms with Crippen LogP contribution in [0.2, 0.25) is 5.02 Å². The molecule has 140 valence electrons. The number of rotatable bonds is 5. The second-order valence-electron chi connectivity index (χ2n) is 6.19. The summed E-state index contributed by atoms with van der Waals surface area (Å²) in [6.07, 6.45) is 2.41. The molecule has 0 bridgehead atoms. The van der Waals surface area contributed by atoms with Crippen LogP contribution in [0.3, 0.4) is 0 Å². The van der Waals surface area contributed by atoms with Crippen LogP contribution in [-0.4, -0.2) is 23.0 Å². The first kappa shape index (κ1) is 19.6. The SMILES string of the molecule is CC[C@@H](C)c1nc2ccc(Br)cc2c(=O)n1N=Cc1cc(Cl)ccc1OC. The van der Waals surface area contributed by atoms with E-state index in [1.54, 1.807) is 37.6 Å². The van der Waals surface area contributed by atoms with Gasteiger partial charge < -0.3 is 4.74 Å². The van der Waals surface area contributed by atoms with E-state index in [1.807, 2.05) is 19.1 Å². The Balaban J connectivity index is 2.22. The first-order valence-corrected chi connectivity index (χ1v) is 9.71. The van der Waals surface area contributed by atoms with Gasteiger partial charge in [-0.2, -0.15) is 9.78 Å². The third-order valence-electron chi connectivity index (χ3n) is 4.39. The van der Waals surface area contributed by atoms with Crippen LogP contribution in [0, 0.1) is 0 Å². The van der Waals surface area contributed by atoms with Gasteiger partial charge in [-0.3, -0.25) is 4.79 Å². The third-order valence-corrected chi connectivity index (χ3v) is 5.12. The average Bonchev–Trinajstić information content (AvgIpc) is 2.67. The molecule has 0 unspecified atom stereocenters. The highest BCUT2D eigenvalue weighted by Crippen LogP contribution is 2.23. The van der Waals surface area contributed by atoms with Crippen LogP contribution >= 0.6 is 27.5 Å². The minimum absolute atomic E-state index is 0.0733. The number of benzene rings is 2. The fraction of sp³-hybridized carbons (Fsp3) is 0.250. The number of methoxy groups -OCH3 is 1. The lowest BCUT2D eigenvalue weighted by atomic mass is 10.1. The van der Waals surface area contributed by atoms with Gasteiger partial charge in [0.05, 0.1) is 24.2 Å². The molecule has 0 saturated heterocycles. The molecule has 3 rings (SSSR count). The van der Waals surface area contributed by atoms with Crippen molar-refractivity contribution < 1.29 is 4.74 Å². The van der Waals surface area contributed by atoms with Crippen LogP contribution in [0.4, 0.5) is 0 Å². The smallest absolute Gasteiger partial charge is 0.282 e. The monoisotopic (exact) mass is 447 g/mol. The summed E-state index contributed by atoms with van der Waals surface area (Å²) in [7, 11) is 1.58. The van der Waals surface area contributed by atoms with Gasteiger partial charge in [-0.1, -0.05) is 41.4 Å². The fourth-order valence-corrected chi connectivity index (χ4v) is 3.25. The molecule has 5 nitrogen and oxygen atoms in total. The van der Waals surface area contributed by atoms with Gasteiger partial charge in [0.1, 0.15) is 11.6 Å². The highest BCUT2D eigenvalue weighted by molar-refractivity contribution is 9.10. The third kappa shape index (κ3) is 4.06. The molecule has 7 heteroatoms. The summed E-state index contributed by atoms with van der Waals surface area (Å²) in [4.78, 5) is 17.8. The van der Waals surface area contributed by atoms with E-state index in [0.717, 1.165) is 10.9 Å². The van der Waals surface area contributed by atoms with Gasteiger partial charge in [-0.25, -0.2) is 4.98 Å². The predicted molar refractivity (Wildman–Crippen MR) is 113 cm³/mol. The van der Waals surface area contributed by atoms with Gasteiger partial charge in [-0.15, -0.1) is 0 Å². The van der Waals surface area contributed by atoms with Crippen LogP contribution in [0.15, 0.2) is 50.8 Å². The van der Waals surface area contributed by atoms with Crippen molar-refractivity contribution in [2.24, 2.45) is 5.10 Å². The molecular weight excluding hydrogens is 430 g/mol. The second-order valence-corrected chi connectivity index (χ2v) is 7.54. The van der Waals surface area contributed by atoms with E-state index in [0.29, 0.717) is 33.1 Å². The van der Waals surface area contributed by atoms with Crippen molar-refractivity contribution in [2.75, 3.05) is 7.11 Å². The summed E-state index contributed by atoms with van der Waals surface area (Å²) >= 11 is 9.49. The molecule has 0 aliphatic carbocycles. The number of nitrogens with zero attached hydrogens (tertiary/aromatic N) is 3. The van der Waals surface area contributed by atoms with E-state index in [1.165, 1.54) is 4.68 Å². The number of halogens is 2. The lowest BCUT2D eigenvalue weighted by Crippen LogP contribution is -2.23. The quantitative estimate of drug-likeness (QED) is 0.503. The molecule has 0 aliphatic heterocycles. The van der Waals surface area contributed by atoms with E-state index in [2.05, 4.69) is 28.0 Å². The number of hydrogen-bond donors (Lipinski definition) is 0. The number of hydrogen-bond acceptors (Lipinski definition) is 4. The Labute approximate surface area is 170 Å². The Morgan fingerprint density at radius 2 is 2.11 bits per heavy atom. The summed E-state index contributed by atoms with van der Waals surface area (Å²) in [5, 5.41) is 5.51. The molecule has 1 heterocycles. The van der Waals surface area contributed by atoms with E-state index < -0.39 is 0 Å². The van der Waals surface area contributed by atoms with Crippen molar-refractivity contribution in [3.8, 4) is 5.75 Å². The first-order valence-electron chi connectivity index (χ1n) is 8.54. The number of fused-ring (bicyclic) bond motifs is 1. The zero-order chi connectivity index (χ0) is 19.6. The van der Waals surface area contributed by atoms with Crippen molar-refractivity contribution in [3.63, 3.8) is 0 Å². The minimum atomic E-state index is -0.214. The lowest BCUT2D eigenvalue weighted by molar-refractivity contribution is 0.414. The topological polar surface area (TPSA) is 56.5 Å². The summed E-state index contributed by atoms with van der Waals surface area (Å²) in [6, 6.07) is 10.7. The molecule has 0 amide bonds. The highest BCUT2D eigenvalue weighted by atomic mass is 79.9. The summed E-state index contributed by atoms with van der Waals surface area (Å²) in [6.45, 7) is 4.08. The van der Waals surface area contributed by atoms with E-state index in [9.17, 15) is 4.79 Å². The maximum atomic E-state index is 13.1. The van der Waals surface area contributed by atoms with Gasteiger partial charge in [0, 0.05) is 21.0 Å². The molecule has 3 aromatic rings. The van der Waals surface area contributed by atoms with Gasteiger partial charge in [0.25, 0.3) is 5.56 Å². The number of aromatic nitrogens is 2. The van der Waals surface area contributed by atoms with Crippen LogP contribution in [-0.2, 0) is 0 Å². The Kier molecular flexibility index (Phi) is 5.97. The number of ether oxygens (including phenoxy) is 1. The van der Waals surface area contributed by atoms with Gasteiger partial charge >= 0.3 is 0 Å².